The third-order valence-electron chi connectivity index (χ3n) is 2.26. The Balaban J connectivity index is 2.40. The first-order valence-corrected chi connectivity index (χ1v) is 5.06. The van der Waals surface area contributed by atoms with Gasteiger partial charge in [0.05, 0.1) is 0 Å². The molecule has 0 aliphatic carbocycles. The van der Waals surface area contributed by atoms with Crippen LogP contribution in [0, 0.1) is 5.82 Å². The minimum absolute atomic E-state index is 0.242. The molecule has 0 saturated carbocycles. The highest BCUT2D eigenvalue weighted by molar-refractivity contribution is 6.28. The lowest BCUT2D eigenvalue weighted by Crippen LogP contribution is -2.29. The van der Waals surface area contributed by atoms with Crippen LogP contribution in [0.1, 0.15) is 17.4 Å². The lowest BCUT2D eigenvalue weighted by atomic mass is 10.0. The van der Waals surface area contributed by atoms with Crippen LogP contribution in [-0.2, 0) is 0 Å². The van der Waals surface area contributed by atoms with Gasteiger partial charge in [-0.2, -0.15) is 0 Å². The van der Waals surface area contributed by atoms with E-state index in [0.29, 0.717) is 11.3 Å². The lowest BCUT2D eigenvalue weighted by molar-refractivity contribution is 0.442. The fourth-order valence-electron chi connectivity index (χ4n) is 1.52. The second-order valence-electron chi connectivity index (χ2n) is 3.26. The van der Waals surface area contributed by atoms with Crippen molar-refractivity contribution in [3.8, 4) is 0 Å². The van der Waals surface area contributed by atoms with Gasteiger partial charge in [0, 0.05) is 5.56 Å². The van der Waals surface area contributed by atoms with E-state index >= 15 is 0 Å². The van der Waals surface area contributed by atoms with Crippen LogP contribution in [0.15, 0.2) is 40.8 Å². The number of hydrogen-bond donors (Lipinski definition) is 2. The fourth-order valence-corrected chi connectivity index (χ4v) is 1.67. The Morgan fingerprint density at radius 2 is 2.00 bits per heavy atom. The average molecular weight is 241 g/mol. The summed E-state index contributed by atoms with van der Waals surface area (Å²) in [4.78, 5) is 0. The van der Waals surface area contributed by atoms with E-state index < -0.39 is 6.04 Å². The van der Waals surface area contributed by atoms with Crippen LogP contribution in [-0.4, -0.2) is 0 Å². The summed E-state index contributed by atoms with van der Waals surface area (Å²) in [7, 11) is 0. The van der Waals surface area contributed by atoms with Gasteiger partial charge >= 0.3 is 0 Å². The number of nitrogens with one attached hydrogen (secondary N) is 1. The molecule has 84 valence electrons. The molecule has 0 fully saturated rings. The monoisotopic (exact) mass is 240 g/mol. The molecule has 1 aromatic heterocycles. The van der Waals surface area contributed by atoms with Gasteiger partial charge in [-0.05, 0) is 29.8 Å². The summed E-state index contributed by atoms with van der Waals surface area (Å²) in [5, 5.41) is 0.242. The minimum atomic E-state index is -0.548. The molecule has 3 nitrogen and oxygen atoms in total. The van der Waals surface area contributed by atoms with Crippen LogP contribution in [0.25, 0.3) is 0 Å². The zero-order valence-electron chi connectivity index (χ0n) is 8.28. The van der Waals surface area contributed by atoms with Gasteiger partial charge in [0.2, 0.25) is 0 Å². The fraction of sp³-hybridized carbons (Fsp3) is 0.0909. The zero-order valence-corrected chi connectivity index (χ0v) is 9.04. The van der Waals surface area contributed by atoms with E-state index in [4.69, 9.17) is 21.9 Å². The molecule has 0 aliphatic rings. The summed E-state index contributed by atoms with van der Waals surface area (Å²) in [6, 6.07) is 9.03. The van der Waals surface area contributed by atoms with Gasteiger partial charge < -0.3 is 4.42 Å². The minimum Gasteiger partial charge on any atom is -0.448 e. The second-order valence-corrected chi connectivity index (χ2v) is 3.64. The first kappa shape index (κ1) is 11.1. The molecule has 3 N–H and O–H groups in total. The third-order valence-corrected chi connectivity index (χ3v) is 2.46. The Morgan fingerprint density at radius 3 is 2.56 bits per heavy atom. The molecule has 5 heteroatoms. The molecule has 0 saturated heterocycles. The van der Waals surface area contributed by atoms with Crippen molar-refractivity contribution in [2.45, 2.75) is 6.04 Å². The van der Waals surface area contributed by atoms with Crippen molar-refractivity contribution in [1.29, 1.82) is 0 Å². The van der Waals surface area contributed by atoms with Crippen molar-refractivity contribution < 1.29 is 8.81 Å². The summed E-state index contributed by atoms with van der Waals surface area (Å²) in [6.07, 6.45) is 0. The Morgan fingerprint density at radius 1 is 1.25 bits per heavy atom. The molecule has 0 bridgehead atoms. The second kappa shape index (κ2) is 4.65. The van der Waals surface area contributed by atoms with Crippen LogP contribution in [0.2, 0.25) is 5.22 Å². The molecule has 1 atom stereocenters. The summed E-state index contributed by atoms with van der Waals surface area (Å²) in [5.41, 5.74) is 2.91. The average Bonchev–Trinajstić information content (AvgIpc) is 2.69. The van der Waals surface area contributed by atoms with Crippen molar-refractivity contribution in [1.82, 2.24) is 5.43 Å². The maximum atomic E-state index is 13.5. The number of hydrazine groups is 1. The molecule has 0 aliphatic heterocycles. The van der Waals surface area contributed by atoms with Crippen molar-refractivity contribution in [3.63, 3.8) is 0 Å². The number of hydrogen-bond acceptors (Lipinski definition) is 3. The SMILES string of the molecule is NNC(c1ccc(Cl)o1)c1ccccc1F. The normalized spacial score (nSPS) is 12.7. The van der Waals surface area contributed by atoms with E-state index in [-0.39, 0.29) is 11.0 Å². The Hall–Kier alpha value is -1.36. The molecule has 2 rings (SSSR count). The number of furan rings is 1. The van der Waals surface area contributed by atoms with E-state index in [2.05, 4.69) is 5.43 Å². The molecule has 0 amide bonds. The van der Waals surface area contributed by atoms with E-state index in [1.807, 2.05) is 0 Å². The maximum absolute atomic E-state index is 13.5. The van der Waals surface area contributed by atoms with Gasteiger partial charge in [0.15, 0.2) is 5.22 Å². The summed E-state index contributed by atoms with van der Waals surface area (Å²) in [5.74, 6) is 5.52. The topological polar surface area (TPSA) is 51.2 Å². The first-order chi connectivity index (χ1) is 7.72. The lowest BCUT2D eigenvalue weighted by Gasteiger charge is -2.14. The zero-order chi connectivity index (χ0) is 11.5. The molecule has 1 aromatic carbocycles. The van der Waals surface area contributed by atoms with Gasteiger partial charge in [-0.3, -0.25) is 5.84 Å². The third kappa shape index (κ3) is 2.09. The largest absolute Gasteiger partial charge is 0.448 e. The number of nitrogens with two attached hydrogens (primary N) is 1. The predicted molar refractivity (Wildman–Crippen MR) is 59.3 cm³/mol. The predicted octanol–water partition coefficient (Wildman–Crippen LogP) is 2.62. The number of halogens is 2. The van der Waals surface area contributed by atoms with E-state index in [9.17, 15) is 4.39 Å². The number of rotatable bonds is 3. The Bertz CT molecular complexity index is 486. The molecule has 2 aromatic rings. The molecule has 0 radical (unpaired) electrons. The molecular formula is C11H10ClFN2O. The van der Waals surface area contributed by atoms with E-state index in [1.54, 1.807) is 30.3 Å². The number of benzene rings is 1. The Labute approximate surface area is 97.0 Å². The maximum Gasteiger partial charge on any atom is 0.193 e. The van der Waals surface area contributed by atoms with Crippen molar-refractivity contribution in [3.05, 3.63) is 58.8 Å². The van der Waals surface area contributed by atoms with Crippen LogP contribution < -0.4 is 11.3 Å². The molecule has 1 unspecified atom stereocenters. The molecule has 16 heavy (non-hydrogen) atoms. The van der Waals surface area contributed by atoms with Gasteiger partial charge in [0.1, 0.15) is 17.6 Å². The first-order valence-electron chi connectivity index (χ1n) is 4.68. The van der Waals surface area contributed by atoms with E-state index in [0.717, 1.165) is 0 Å². The molecule has 0 spiro atoms. The van der Waals surface area contributed by atoms with Gasteiger partial charge in [-0.1, -0.05) is 18.2 Å². The molecule has 1 heterocycles. The summed E-state index contributed by atoms with van der Waals surface area (Å²) >= 11 is 5.66. The molecular weight excluding hydrogens is 231 g/mol. The van der Waals surface area contributed by atoms with Crippen molar-refractivity contribution >= 4 is 11.6 Å². The van der Waals surface area contributed by atoms with Crippen molar-refractivity contribution in [2.24, 2.45) is 5.84 Å². The quantitative estimate of drug-likeness (QED) is 0.641. The van der Waals surface area contributed by atoms with Crippen molar-refractivity contribution in [2.75, 3.05) is 0 Å². The summed E-state index contributed by atoms with van der Waals surface area (Å²) in [6.45, 7) is 0. The van der Waals surface area contributed by atoms with Gasteiger partial charge in [-0.15, -0.1) is 0 Å². The highest BCUT2D eigenvalue weighted by Crippen LogP contribution is 2.26. The van der Waals surface area contributed by atoms with Crippen LogP contribution in [0.4, 0.5) is 4.39 Å². The highest BCUT2D eigenvalue weighted by Gasteiger charge is 2.19. The summed E-state index contributed by atoms with van der Waals surface area (Å²) < 4.78 is 18.8. The van der Waals surface area contributed by atoms with Crippen LogP contribution >= 0.6 is 11.6 Å². The van der Waals surface area contributed by atoms with Gasteiger partial charge in [-0.25, -0.2) is 9.82 Å². The van der Waals surface area contributed by atoms with Crippen LogP contribution in [0.5, 0.6) is 0 Å². The van der Waals surface area contributed by atoms with Crippen LogP contribution in [0.3, 0.4) is 0 Å². The Kier molecular flexibility index (Phi) is 3.24. The standard InChI is InChI=1S/C11H10ClFN2O/c12-10-6-5-9(16-10)11(15-14)7-3-1-2-4-8(7)13/h1-6,11,15H,14H2. The van der Waals surface area contributed by atoms with E-state index in [1.165, 1.54) is 6.07 Å². The highest BCUT2D eigenvalue weighted by atomic mass is 35.5. The van der Waals surface area contributed by atoms with Gasteiger partial charge in [0.25, 0.3) is 0 Å². The smallest absolute Gasteiger partial charge is 0.193 e.